The molecule has 3 aliphatic rings. The van der Waals surface area contributed by atoms with Crippen molar-refractivity contribution in [1.29, 1.82) is 0 Å². The van der Waals surface area contributed by atoms with E-state index in [-0.39, 0.29) is 42.4 Å². The van der Waals surface area contributed by atoms with Gasteiger partial charge in [0.05, 0.1) is 43.3 Å². The van der Waals surface area contributed by atoms with Gasteiger partial charge in [0.25, 0.3) is 5.92 Å². The quantitative estimate of drug-likeness (QED) is 0.295. The fourth-order valence-corrected chi connectivity index (χ4v) is 6.23. The topological polar surface area (TPSA) is 117 Å². The highest BCUT2D eigenvalue weighted by Gasteiger charge is 2.61. The molecule has 0 amide bonds. The summed E-state index contributed by atoms with van der Waals surface area (Å²) < 4.78 is 66.3. The first-order valence-corrected chi connectivity index (χ1v) is 14.9. The van der Waals surface area contributed by atoms with E-state index < -0.39 is 66.5 Å². The van der Waals surface area contributed by atoms with E-state index >= 15 is 13.2 Å². The number of rotatable bonds is 10. The van der Waals surface area contributed by atoms with Crippen LogP contribution in [0.1, 0.15) is 42.9 Å². The summed E-state index contributed by atoms with van der Waals surface area (Å²) in [6.45, 7) is 3.77. The Morgan fingerprint density at radius 1 is 1.34 bits per heavy atom. The normalized spacial score (nSPS) is 24.5. The standard InChI is InChI=1S/C29H33F4N5O5S/c1-5-42-26(39)21-18(35-24(25-34-9-10-44-25)36-22(21)16-7-6-8-17(30)15(16)2)11-37-14-29(32,33)23-19(37)13-43-38(23)12-20(31)28(3,4)27(40)41/h6-10,19-20,22-23H,5,11-14H2,1-4H3,(H,35,36)(H,40,41)/t19-,20-,22+,23+/m1/s1. The second-order valence-corrected chi connectivity index (χ2v) is 12.4. The van der Waals surface area contributed by atoms with E-state index in [1.54, 1.807) is 31.5 Å². The third-order valence-corrected chi connectivity index (χ3v) is 9.08. The van der Waals surface area contributed by atoms with Crippen LogP contribution in [0.15, 0.2) is 46.0 Å². The van der Waals surface area contributed by atoms with Gasteiger partial charge in [0.2, 0.25) is 0 Å². The highest BCUT2D eigenvalue weighted by molar-refractivity contribution is 7.11. The van der Waals surface area contributed by atoms with Crippen LogP contribution in [0.5, 0.6) is 0 Å². The predicted octanol–water partition coefficient (Wildman–Crippen LogP) is 3.88. The van der Waals surface area contributed by atoms with Gasteiger partial charge >= 0.3 is 11.9 Å². The molecule has 0 unspecified atom stereocenters. The fraction of sp³-hybridized carbons (Fsp3) is 0.517. The number of hydrogen-bond acceptors (Lipinski definition) is 10. The Hall–Kier alpha value is -3.40. The van der Waals surface area contributed by atoms with Crippen molar-refractivity contribution in [2.45, 2.75) is 57.9 Å². The van der Waals surface area contributed by atoms with E-state index in [0.717, 1.165) is 5.06 Å². The van der Waals surface area contributed by atoms with Crippen molar-refractivity contribution in [3.8, 4) is 0 Å². The minimum absolute atomic E-state index is 0.0277. The second kappa shape index (κ2) is 12.2. The monoisotopic (exact) mass is 639 g/mol. The summed E-state index contributed by atoms with van der Waals surface area (Å²) in [5, 5.41) is 15.5. The summed E-state index contributed by atoms with van der Waals surface area (Å²) >= 11 is 1.27. The van der Waals surface area contributed by atoms with E-state index in [2.05, 4.69) is 10.3 Å². The highest BCUT2D eigenvalue weighted by atomic mass is 32.1. The maximum atomic E-state index is 15.6. The van der Waals surface area contributed by atoms with Crippen molar-refractivity contribution in [3.05, 3.63) is 63.0 Å². The molecule has 3 aliphatic heterocycles. The molecular weight excluding hydrogens is 606 g/mol. The van der Waals surface area contributed by atoms with Crippen LogP contribution in [-0.4, -0.2) is 94.9 Å². The molecule has 238 valence electrons. The highest BCUT2D eigenvalue weighted by Crippen LogP contribution is 2.42. The molecule has 2 aromatic rings. The van der Waals surface area contributed by atoms with Crippen LogP contribution in [-0.2, 0) is 19.2 Å². The smallest absolute Gasteiger partial charge is 0.338 e. The number of hydrogen-bond donors (Lipinski definition) is 2. The fourth-order valence-electron chi connectivity index (χ4n) is 5.64. The minimum atomic E-state index is -3.36. The van der Waals surface area contributed by atoms with Crippen molar-refractivity contribution >= 4 is 29.1 Å². The van der Waals surface area contributed by atoms with Crippen LogP contribution in [0.3, 0.4) is 0 Å². The molecule has 2 fully saturated rings. The molecule has 10 nitrogen and oxygen atoms in total. The number of hydroxylamine groups is 2. The van der Waals surface area contributed by atoms with Crippen LogP contribution < -0.4 is 5.32 Å². The molecule has 15 heteroatoms. The van der Waals surface area contributed by atoms with E-state index in [4.69, 9.17) is 14.6 Å². The van der Waals surface area contributed by atoms with Gasteiger partial charge in [-0.15, -0.1) is 11.3 Å². The number of carboxylic acid groups (broad SMARTS) is 1. The Morgan fingerprint density at radius 2 is 2.09 bits per heavy atom. The van der Waals surface area contributed by atoms with Gasteiger partial charge in [0.15, 0.2) is 10.8 Å². The summed E-state index contributed by atoms with van der Waals surface area (Å²) in [5.41, 5.74) is -0.898. The molecule has 0 aliphatic carbocycles. The van der Waals surface area contributed by atoms with Crippen molar-refractivity contribution in [2.75, 3.05) is 32.8 Å². The molecule has 2 saturated heterocycles. The summed E-state index contributed by atoms with van der Waals surface area (Å²) in [4.78, 5) is 41.0. The number of alkyl halides is 3. The lowest BCUT2D eigenvalue weighted by Gasteiger charge is -2.31. The molecule has 4 heterocycles. The average molecular weight is 640 g/mol. The number of aliphatic carboxylic acids is 1. The Balaban J connectivity index is 1.51. The SMILES string of the molecule is CCOC(=O)C1=C(CN2CC(F)(F)[C@@H]3[C@H]2CON3C[C@@H](F)C(C)(C)C(=O)O)NC(c2nccs2)=N[C@H]1c1cccc(F)c1C. The number of amidine groups is 1. The van der Waals surface area contributed by atoms with Gasteiger partial charge in [0, 0.05) is 23.8 Å². The second-order valence-electron chi connectivity index (χ2n) is 11.5. The number of carbonyl (C=O) groups is 2. The van der Waals surface area contributed by atoms with Gasteiger partial charge < -0.3 is 15.2 Å². The number of thiazole rings is 1. The first-order valence-electron chi connectivity index (χ1n) is 14.0. The number of carbonyl (C=O) groups excluding carboxylic acids is 1. The molecule has 0 spiro atoms. The average Bonchev–Trinajstić information content (AvgIpc) is 3.69. The van der Waals surface area contributed by atoms with E-state index in [1.165, 1.54) is 42.2 Å². The summed E-state index contributed by atoms with van der Waals surface area (Å²) in [6.07, 6.45) is -0.425. The maximum absolute atomic E-state index is 15.6. The number of nitrogens with zero attached hydrogens (tertiary/aromatic N) is 4. The number of nitrogens with one attached hydrogen (secondary N) is 1. The minimum Gasteiger partial charge on any atom is -0.481 e. The van der Waals surface area contributed by atoms with E-state index in [0.29, 0.717) is 10.6 Å². The third kappa shape index (κ3) is 5.85. The Kier molecular flexibility index (Phi) is 8.86. The zero-order chi connectivity index (χ0) is 32.0. The number of benzene rings is 1. The summed E-state index contributed by atoms with van der Waals surface area (Å²) in [7, 11) is 0. The number of aliphatic imine (C=N–C) groups is 1. The van der Waals surface area contributed by atoms with Gasteiger partial charge in [-0.05, 0) is 44.9 Å². The van der Waals surface area contributed by atoms with Crippen LogP contribution >= 0.6 is 11.3 Å². The van der Waals surface area contributed by atoms with Crippen molar-refractivity contribution in [2.24, 2.45) is 10.4 Å². The van der Waals surface area contributed by atoms with Crippen molar-refractivity contribution < 1.29 is 41.8 Å². The van der Waals surface area contributed by atoms with Crippen LogP contribution in [0, 0.1) is 18.2 Å². The molecule has 0 bridgehead atoms. The van der Waals surface area contributed by atoms with Gasteiger partial charge in [0.1, 0.15) is 24.1 Å². The van der Waals surface area contributed by atoms with Gasteiger partial charge in [-0.2, -0.15) is 5.06 Å². The lowest BCUT2D eigenvalue weighted by atomic mass is 9.87. The summed E-state index contributed by atoms with van der Waals surface area (Å²) in [6, 6.07) is 0.926. The van der Waals surface area contributed by atoms with E-state index in [9.17, 15) is 19.1 Å². The van der Waals surface area contributed by atoms with Crippen LogP contribution in [0.4, 0.5) is 17.6 Å². The predicted molar refractivity (Wildman–Crippen MR) is 152 cm³/mol. The Labute approximate surface area is 255 Å². The number of fused-ring (bicyclic) bond motifs is 1. The lowest BCUT2D eigenvalue weighted by Crippen LogP contribution is -2.50. The molecule has 1 aromatic heterocycles. The van der Waals surface area contributed by atoms with Gasteiger partial charge in [-0.1, -0.05) is 12.1 Å². The molecule has 44 heavy (non-hydrogen) atoms. The molecule has 1 aromatic carbocycles. The molecule has 2 N–H and O–H groups in total. The summed E-state index contributed by atoms with van der Waals surface area (Å²) in [5.74, 6) is -5.73. The molecule has 0 saturated carbocycles. The Bertz CT molecular complexity index is 1480. The van der Waals surface area contributed by atoms with Crippen molar-refractivity contribution in [3.63, 3.8) is 0 Å². The Morgan fingerprint density at radius 3 is 2.75 bits per heavy atom. The van der Waals surface area contributed by atoms with E-state index in [1.807, 2.05) is 0 Å². The first kappa shape index (κ1) is 32.0. The number of esters is 1. The van der Waals surface area contributed by atoms with Crippen molar-refractivity contribution in [1.82, 2.24) is 20.3 Å². The number of aromatic nitrogens is 1. The third-order valence-electron chi connectivity index (χ3n) is 8.30. The van der Waals surface area contributed by atoms with Crippen LogP contribution in [0.25, 0.3) is 0 Å². The van der Waals surface area contributed by atoms with Gasteiger partial charge in [-0.25, -0.2) is 27.3 Å². The molecule has 5 rings (SSSR count). The number of likely N-dealkylation sites (tertiary alicyclic amines) is 1. The molecule has 4 atom stereocenters. The van der Waals surface area contributed by atoms with Gasteiger partial charge in [-0.3, -0.25) is 19.5 Å². The zero-order valence-electron chi connectivity index (χ0n) is 24.5. The number of carboxylic acids is 1. The molecular formula is C29H33F4N5O5S. The maximum Gasteiger partial charge on any atom is 0.338 e. The molecule has 0 radical (unpaired) electrons. The number of halogens is 4. The van der Waals surface area contributed by atoms with Crippen LogP contribution in [0.2, 0.25) is 0 Å². The lowest BCUT2D eigenvalue weighted by molar-refractivity contribution is -0.196. The number of ether oxygens (including phenoxy) is 1. The first-order chi connectivity index (χ1) is 20.8. The largest absolute Gasteiger partial charge is 0.481 e. The zero-order valence-corrected chi connectivity index (χ0v) is 25.3.